The molecular weight excluding hydrogens is 305 g/mol. The molecule has 0 heterocycles. The van der Waals surface area contributed by atoms with Crippen molar-refractivity contribution in [1.29, 1.82) is 0 Å². The van der Waals surface area contributed by atoms with Crippen molar-refractivity contribution in [3.05, 3.63) is 35.6 Å². The molecule has 1 amide bonds. The summed E-state index contributed by atoms with van der Waals surface area (Å²) in [7, 11) is -3.39. The maximum absolute atomic E-state index is 13.0. The topological polar surface area (TPSA) is 63.2 Å². The molecule has 1 aromatic rings. The second-order valence-corrected chi connectivity index (χ2v) is 8.49. The standard InChI is InChI=1S/C16H22FNO3S/c1-11(2)9-22(20,21)10-15(19)18-16(12-3-4-12)13-5-7-14(17)8-6-13/h5-8,11-12,16H,3-4,9-10H2,1-2H3,(H,18,19). The van der Waals surface area contributed by atoms with Gasteiger partial charge in [0.05, 0.1) is 11.8 Å². The summed E-state index contributed by atoms with van der Waals surface area (Å²) >= 11 is 0. The van der Waals surface area contributed by atoms with Crippen LogP contribution in [-0.4, -0.2) is 25.8 Å². The number of rotatable bonds is 7. The van der Waals surface area contributed by atoms with Gasteiger partial charge in [0.25, 0.3) is 0 Å². The van der Waals surface area contributed by atoms with Gasteiger partial charge in [-0.2, -0.15) is 0 Å². The predicted octanol–water partition coefficient (Wildman–Crippen LogP) is 2.46. The van der Waals surface area contributed by atoms with E-state index in [0.29, 0.717) is 5.92 Å². The number of hydrogen-bond donors (Lipinski definition) is 1. The Labute approximate surface area is 131 Å². The first-order chi connectivity index (χ1) is 10.3. The van der Waals surface area contributed by atoms with Crippen LogP contribution >= 0.6 is 0 Å². The minimum absolute atomic E-state index is 0.00502. The van der Waals surface area contributed by atoms with E-state index in [1.54, 1.807) is 26.0 Å². The summed E-state index contributed by atoms with van der Waals surface area (Å²) in [6.07, 6.45) is 1.97. The molecule has 1 aliphatic rings. The van der Waals surface area contributed by atoms with E-state index in [1.165, 1.54) is 12.1 Å². The average molecular weight is 327 g/mol. The SMILES string of the molecule is CC(C)CS(=O)(=O)CC(=O)NC(c1ccc(F)cc1)C1CC1. The van der Waals surface area contributed by atoms with Gasteiger partial charge >= 0.3 is 0 Å². The molecule has 1 fully saturated rings. The quantitative estimate of drug-likeness (QED) is 0.837. The molecule has 0 spiro atoms. The summed E-state index contributed by atoms with van der Waals surface area (Å²) < 4.78 is 36.8. The van der Waals surface area contributed by atoms with Gasteiger partial charge < -0.3 is 5.32 Å². The molecule has 0 aromatic heterocycles. The zero-order chi connectivity index (χ0) is 16.3. The number of hydrogen-bond acceptors (Lipinski definition) is 3. The second kappa shape index (κ2) is 6.77. The first-order valence-electron chi connectivity index (χ1n) is 7.52. The molecule has 1 aromatic carbocycles. The lowest BCUT2D eigenvalue weighted by Crippen LogP contribution is -2.35. The van der Waals surface area contributed by atoms with Crippen LogP contribution in [0.3, 0.4) is 0 Å². The van der Waals surface area contributed by atoms with Crippen molar-refractivity contribution in [3.8, 4) is 0 Å². The zero-order valence-corrected chi connectivity index (χ0v) is 13.7. The normalized spacial score (nSPS) is 16.5. The molecule has 0 saturated heterocycles. The van der Waals surface area contributed by atoms with Gasteiger partial charge in [-0.25, -0.2) is 12.8 Å². The van der Waals surface area contributed by atoms with Crippen molar-refractivity contribution in [2.24, 2.45) is 11.8 Å². The van der Waals surface area contributed by atoms with E-state index in [-0.39, 0.29) is 23.5 Å². The Kier molecular flexibility index (Phi) is 5.21. The molecule has 0 radical (unpaired) electrons. The van der Waals surface area contributed by atoms with Crippen LogP contribution < -0.4 is 5.32 Å². The van der Waals surface area contributed by atoms with Gasteiger partial charge in [0.2, 0.25) is 5.91 Å². The van der Waals surface area contributed by atoms with E-state index in [9.17, 15) is 17.6 Å². The molecule has 1 atom stereocenters. The van der Waals surface area contributed by atoms with Crippen LogP contribution in [0.5, 0.6) is 0 Å². The van der Waals surface area contributed by atoms with E-state index in [2.05, 4.69) is 5.32 Å². The van der Waals surface area contributed by atoms with Crippen molar-refractivity contribution >= 4 is 15.7 Å². The summed E-state index contributed by atoms with van der Waals surface area (Å²) in [6.45, 7) is 3.61. The van der Waals surface area contributed by atoms with Crippen molar-refractivity contribution in [2.75, 3.05) is 11.5 Å². The molecule has 22 heavy (non-hydrogen) atoms. The molecule has 1 aliphatic carbocycles. The fourth-order valence-electron chi connectivity index (χ4n) is 2.55. The van der Waals surface area contributed by atoms with Crippen LogP contribution in [-0.2, 0) is 14.6 Å². The Morgan fingerprint density at radius 1 is 1.27 bits per heavy atom. The van der Waals surface area contributed by atoms with E-state index in [0.717, 1.165) is 18.4 Å². The minimum Gasteiger partial charge on any atom is -0.348 e. The third-order valence-electron chi connectivity index (χ3n) is 3.58. The number of carbonyl (C=O) groups excluding carboxylic acids is 1. The molecule has 122 valence electrons. The van der Waals surface area contributed by atoms with E-state index < -0.39 is 21.5 Å². The molecule has 0 bridgehead atoms. The third kappa shape index (κ3) is 5.09. The largest absolute Gasteiger partial charge is 0.348 e. The van der Waals surface area contributed by atoms with Crippen molar-refractivity contribution in [1.82, 2.24) is 5.32 Å². The van der Waals surface area contributed by atoms with Crippen LogP contribution in [0.1, 0.15) is 38.3 Å². The Morgan fingerprint density at radius 2 is 1.86 bits per heavy atom. The summed E-state index contributed by atoms with van der Waals surface area (Å²) in [5, 5.41) is 2.80. The molecule has 1 saturated carbocycles. The molecule has 1 N–H and O–H groups in total. The van der Waals surface area contributed by atoms with E-state index in [4.69, 9.17) is 0 Å². The number of nitrogens with one attached hydrogen (secondary N) is 1. The average Bonchev–Trinajstić information content (AvgIpc) is 3.19. The fourth-order valence-corrected chi connectivity index (χ4v) is 4.17. The molecule has 4 nitrogen and oxygen atoms in total. The molecule has 2 rings (SSSR count). The van der Waals surface area contributed by atoms with Gasteiger partial charge in [0.15, 0.2) is 9.84 Å². The summed E-state index contributed by atoms with van der Waals surface area (Å²) in [5.74, 6) is -0.997. The number of amides is 1. The molecule has 6 heteroatoms. The first-order valence-corrected chi connectivity index (χ1v) is 9.34. The Bertz CT molecular complexity index is 621. The highest BCUT2D eigenvalue weighted by Crippen LogP contribution is 2.41. The van der Waals surface area contributed by atoms with E-state index >= 15 is 0 Å². The van der Waals surface area contributed by atoms with Gasteiger partial charge in [-0.05, 0) is 42.4 Å². The Morgan fingerprint density at radius 3 is 2.36 bits per heavy atom. The summed E-state index contributed by atoms with van der Waals surface area (Å²) in [5.41, 5.74) is 0.818. The summed E-state index contributed by atoms with van der Waals surface area (Å²) in [6, 6.07) is 5.75. The lowest BCUT2D eigenvalue weighted by molar-refractivity contribution is -0.119. The third-order valence-corrected chi connectivity index (χ3v) is 5.45. The molecule has 1 unspecified atom stereocenters. The highest BCUT2D eigenvalue weighted by molar-refractivity contribution is 7.92. The van der Waals surface area contributed by atoms with Crippen LogP contribution in [0.25, 0.3) is 0 Å². The van der Waals surface area contributed by atoms with Crippen molar-refractivity contribution < 1.29 is 17.6 Å². The lowest BCUT2D eigenvalue weighted by Gasteiger charge is -2.19. The molecular formula is C16H22FNO3S. The molecule has 0 aliphatic heterocycles. The minimum atomic E-state index is -3.39. The number of benzene rings is 1. The van der Waals surface area contributed by atoms with Crippen LogP contribution in [0, 0.1) is 17.7 Å². The second-order valence-electron chi connectivity index (χ2n) is 6.38. The highest BCUT2D eigenvalue weighted by atomic mass is 32.2. The maximum Gasteiger partial charge on any atom is 0.235 e. The van der Waals surface area contributed by atoms with Gasteiger partial charge in [-0.15, -0.1) is 0 Å². The van der Waals surface area contributed by atoms with Gasteiger partial charge in [0, 0.05) is 0 Å². The maximum atomic E-state index is 13.0. The highest BCUT2D eigenvalue weighted by Gasteiger charge is 2.34. The van der Waals surface area contributed by atoms with Gasteiger partial charge in [-0.3, -0.25) is 4.79 Å². The van der Waals surface area contributed by atoms with Crippen LogP contribution in [0.15, 0.2) is 24.3 Å². The van der Waals surface area contributed by atoms with Crippen molar-refractivity contribution in [3.63, 3.8) is 0 Å². The van der Waals surface area contributed by atoms with E-state index in [1.807, 2.05) is 0 Å². The summed E-state index contributed by atoms with van der Waals surface area (Å²) in [4.78, 5) is 12.1. The van der Waals surface area contributed by atoms with Crippen LogP contribution in [0.4, 0.5) is 4.39 Å². The number of carbonyl (C=O) groups is 1. The smallest absolute Gasteiger partial charge is 0.235 e. The fraction of sp³-hybridized carbons (Fsp3) is 0.562. The van der Waals surface area contributed by atoms with Crippen LogP contribution in [0.2, 0.25) is 0 Å². The number of halogens is 1. The Hall–Kier alpha value is -1.43. The van der Waals surface area contributed by atoms with Gasteiger partial charge in [0.1, 0.15) is 11.6 Å². The van der Waals surface area contributed by atoms with Crippen molar-refractivity contribution in [2.45, 2.75) is 32.7 Å². The number of sulfone groups is 1. The monoisotopic (exact) mass is 327 g/mol. The van der Waals surface area contributed by atoms with Gasteiger partial charge in [-0.1, -0.05) is 26.0 Å². The Balaban J connectivity index is 2.02. The first kappa shape index (κ1) is 16.9. The lowest BCUT2D eigenvalue weighted by atomic mass is 10.0. The predicted molar refractivity (Wildman–Crippen MR) is 83.5 cm³/mol. The zero-order valence-electron chi connectivity index (χ0n) is 12.9.